The van der Waals surface area contributed by atoms with Gasteiger partial charge in [-0.05, 0) is 30.7 Å². The maximum Gasteiger partial charge on any atom is 0.451 e. The van der Waals surface area contributed by atoms with Crippen molar-refractivity contribution in [3.05, 3.63) is 23.8 Å². The fourth-order valence-electron chi connectivity index (χ4n) is 2.19. The van der Waals surface area contributed by atoms with Gasteiger partial charge in [0.2, 0.25) is 5.82 Å². The summed E-state index contributed by atoms with van der Waals surface area (Å²) in [5, 5.41) is 0. The van der Waals surface area contributed by atoms with Gasteiger partial charge in [0.25, 0.3) is 0 Å². The van der Waals surface area contributed by atoms with Crippen LogP contribution in [0.4, 0.5) is 13.2 Å². The Morgan fingerprint density at radius 2 is 1.84 bits per heavy atom. The van der Waals surface area contributed by atoms with Gasteiger partial charge in [0.05, 0.1) is 0 Å². The molecule has 0 amide bonds. The van der Waals surface area contributed by atoms with Crippen LogP contribution in [-0.4, -0.2) is 29.2 Å². The number of ether oxygens (including phenoxy) is 1. The maximum atomic E-state index is 12.3. The van der Waals surface area contributed by atoms with Crippen molar-refractivity contribution < 1.29 is 17.9 Å². The smallest absolute Gasteiger partial charge is 0.381 e. The highest BCUT2D eigenvalue weighted by molar-refractivity contribution is 5.08. The van der Waals surface area contributed by atoms with Gasteiger partial charge in [-0.15, -0.1) is 0 Å². The minimum atomic E-state index is -4.50. The lowest BCUT2D eigenvalue weighted by Gasteiger charge is -2.27. The molecule has 0 saturated carbocycles. The predicted molar refractivity (Wildman–Crippen MR) is 62.3 cm³/mol. The molecular formula is C12H16F3N3O. The van der Waals surface area contributed by atoms with E-state index in [-0.39, 0.29) is 6.04 Å². The van der Waals surface area contributed by atoms with Crippen LogP contribution in [0.5, 0.6) is 0 Å². The maximum absolute atomic E-state index is 12.3. The number of hydrogen-bond donors (Lipinski definition) is 1. The molecule has 1 aromatic rings. The average Bonchev–Trinajstić information content (AvgIpc) is 2.39. The van der Waals surface area contributed by atoms with Crippen molar-refractivity contribution in [1.29, 1.82) is 0 Å². The summed E-state index contributed by atoms with van der Waals surface area (Å²) in [6, 6.07) is -0.0933. The summed E-state index contributed by atoms with van der Waals surface area (Å²) in [6.45, 7) is 1.39. The van der Waals surface area contributed by atoms with Gasteiger partial charge in [-0.25, -0.2) is 9.97 Å². The Morgan fingerprint density at radius 3 is 2.37 bits per heavy atom. The van der Waals surface area contributed by atoms with Crippen LogP contribution in [0.15, 0.2) is 12.4 Å². The molecule has 106 valence electrons. The summed E-state index contributed by atoms with van der Waals surface area (Å²) in [6.07, 6.45) is 0.180. The third-order valence-electron chi connectivity index (χ3n) is 3.30. The number of hydrogen-bond acceptors (Lipinski definition) is 4. The van der Waals surface area contributed by atoms with E-state index in [0.29, 0.717) is 31.1 Å². The topological polar surface area (TPSA) is 61.0 Å². The molecule has 1 unspecified atom stereocenters. The minimum absolute atomic E-state index is 0.0933. The van der Waals surface area contributed by atoms with Gasteiger partial charge < -0.3 is 10.5 Å². The molecule has 0 aliphatic carbocycles. The Bertz CT molecular complexity index is 402. The molecule has 2 heterocycles. The Balaban J connectivity index is 1.95. The molecule has 7 heteroatoms. The summed E-state index contributed by atoms with van der Waals surface area (Å²) in [5.74, 6) is -0.771. The molecule has 0 radical (unpaired) electrons. The van der Waals surface area contributed by atoms with Crippen LogP contribution >= 0.6 is 0 Å². The van der Waals surface area contributed by atoms with Gasteiger partial charge in [-0.1, -0.05) is 0 Å². The van der Waals surface area contributed by atoms with Crippen molar-refractivity contribution in [1.82, 2.24) is 9.97 Å². The van der Waals surface area contributed by atoms with Crippen LogP contribution in [0, 0.1) is 5.92 Å². The van der Waals surface area contributed by atoms with E-state index < -0.39 is 12.0 Å². The van der Waals surface area contributed by atoms with E-state index in [1.54, 1.807) is 0 Å². The quantitative estimate of drug-likeness (QED) is 0.913. The average molecular weight is 275 g/mol. The summed E-state index contributed by atoms with van der Waals surface area (Å²) in [5.41, 5.74) is 6.70. The van der Waals surface area contributed by atoms with Crippen LogP contribution in [-0.2, 0) is 17.3 Å². The number of halogens is 3. The molecule has 0 bridgehead atoms. The van der Waals surface area contributed by atoms with Gasteiger partial charge >= 0.3 is 6.18 Å². The van der Waals surface area contributed by atoms with Crippen LogP contribution in [0.1, 0.15) is 24.2 Å². The van der Waals surface area contributed by atoms with Crippen molar-refractivity contribution in [2.45, 2.75) is 31.5 Å². The first kappa shape index (κ1) is 14.2. The zero-order chi connectivity index (χ0) is 13.9. The van der Waals surface area contributed by atoms with E-state index in [9.17, 15) is 13.2 Å². The first-order valence-corrected chi connectivity index (χ1v) is 6.18. The van der Waals surface area contributed by atoms with Crippen molar-refractivity contribution >= 4 is 0 Å². The van der Waals surface area contributed by atoms with Crippen molar-refractivity contribution in [2.24, 2.45) is 11.7 Å². The van der Waals surface area contributed by atoms with Gasteiger partial charge in [-0.2, -0.15) is 13.2 Å². The summed E-state index contributed by atoms with van der Waals surface area (Å²) in [4.78, 5) is 6.66. The fraction of sp³-hybridized carbons (Fsp3) is 0.667. The van der Waals surface area contributed by atoms with E-state index in [1.807, 2.05) is 0 Å². The molecular weight excluding hydrogens is 259 g/mol. The number of nitrogens with two attached hydrogens (primary N) is 1. The van der Waals surface area contributed by atoms with Gasteiger partial charge in [0.1, 0.15) is 0 Å². The van der Waals surface area contributed by atoms with Crippen LogP contribution in [0.25, 0.3) is 0 Å². The number of nitrogens with zero attached hydrogens (tertiary/aromatic N) is 2. The van der Waals surface area contributed by atoms with Gasteiger partial charge in [-0.3, -0.25) is 0 Å². The van der Waals surface area contributed by atoms with Crippen LogP contribution < -0.4 is 5.73 Å². The molecule has 2 N–H and O–H groups in total. The first-order chi connectivity index (χ1) is 8.97. The highest BCUT2D eigenvalue weighted by Crippen LogP contribution is 2.26. The molecule has 1 aliphatic heterocycles. The molecule has 1 saturated heterocycles. The molecule has 19 heavy (non-hydrogen) atoms. The Kier molecular flexibility index (Phi) is 4.36. The molecule has 1 atom stereocenters. The highest BCUT2D eigenvalue weighted by atomic mass is 19.4. The second-order valence-electron chi connectivity index (χ2n) is 4.73. The molecule has 1 aromatic heterocycles. The standard InChI is InChI=1S/C12H16F3N3O/c13-12(14,15)11-17-6-8(7-18-11)5-10(16)9-1-3-19-4-2-9/h6-7,9-10H,1-5,16H2. The van der Waals surface area contributed by atoms with Crippen LogP contribution in [0.3, 0.4) is 0 Å². The molecule has 1 aliphatic rings. The molecule has 0 aromatic carbocycles. The summed E-state index contributed by atoms with van der Waals surface area (Å²) < 4.78 is 42.2. The Labute approximate surface area is 109 Å². The molecule has 2 rings (SSSR count). The van der Waals surface area contributed by atoms with Crippen molar-refractivity contribution in [2.75, 3.05) is 13.2 Å². The zero-order valence-corrected chi connectivity index (χ0v) is 10.4. The second kappa shape index (κ2) is 5.83. The van der Waals surface area contributed by atoms with Crippen LogP contribution in [0.2, 0.25) is 0 Å². The fourth-order valence-corrected chi connectivity index (χ4v) is 2.19. The lowest BCUT2D eigenvalue weighted by Crippen LogP contribution is -2.36. The van der Waals surface area contributed by atoms with Crippen molar-refractivity contribution in [3.8, 4) is 0 Å². The lowest BCUT2D eigenvalue weighted by atomic mass is 9.89. The van der Waals surface area contributed by atoms with E-state index in [0.717, 1.165) is 12.8 Å². The number of rotatable bonds is 3. The summed E-state index contributed by atoms with van der Waals surface area (Å²) >= 11 is 0. The highest BCUT2D eigenvalue weighted by Gasteiger charge is 2.34. The lowest BCUT2D eigenvalue weighted by molar-refractivity contribution is -0.145. The largest absolute Gasteiger partial charge is 0.451 e. The first-order valence-electron chi connectivity index (χ1n) is 6.18. The van der Waals surface area contributed by atoms with E-state index in [4.69, 9.17) is 10.5 Å². The van der Waals surface area contributed by atoms with E-state index in [1.165, 1.54) is 12.4 Å². The Morgan fingerprint density at radius 1 is 1.26 bits per heavy atom. The minimum Gasteiger partial charge on any atom is -0.381 e. The Hall–Kier alpha value is -1.21. The van der Waals surface area contributed by atoms with Crippen molar-refractivity contribution in [3.63, 3.8) is 0 Å². The monoisotopic (exact) mass is 275 g/mol. The predicted octanol–water partition coefficient (Wildman–Crippen LogP) is 1.79. The third kappa shape index (κ3) is 3.87. The van der Waals surface area contributed by atoms with Gasteiger partial charge in [0, 0.05) is 31.6 Å². The zero-order valence-electron chi connectivity index (χ0n) is 10.4. The third-order valence-corrected chi connectivity index (χ3v) is 3.30. The summed E-state index contributed by atoms with van der Waals surface area (Å²) in [7, 11) is 0. The number of alkyl halides is 3. The molecule has 4 nitrogen and oxygen atoms in total. The number of aromatic nitrogens is 2. The van der Waals surface area contributed by atoms with E-state index in [2.05, 4.69) is 9.97 Å². The van der Waals surface area contributed by atoms with Gasteiger partial charge in [0.15, 0.2) is 0 Å². The normalized spacial score (nSPS) is 19.4. The SMILES string of the molecule is NC(Cc1cnc(C(F)(F)F)nc1)C1CCOCC1. The molecule has 1 fully saturated rings. The molecule has 0 spiro atoms. The van der Waals surface area contributed by atoms with E-state index >= 15 is 0 Å². The second-order valence-corrected chi connectivity index (χ2v) is 4.73.